The van der Waals surface area contributed by atoms with Gasteiger partial charge in [-0.15, -0.1) is 0 Å². The number of non-ortho nitro benzene ring substituents is 1. The molecule has 2 aromatic rings. The van der Waals surface area contributed by atoms with Gasteiger partial charge in [0, 0.05) is 29.7 Å². The van der Waals surface area contributed by atoms with Crippen LogP contribution in [0.2, 0.25) is 0 Å². The molecule has 0 saturated carbocycles. The Kier molecular flexibility index (Phi) is 5.86. The highest BCUT2D eigenvalue weighted by molar-refractivity contribution is 7.92. The zero-order valence-electron chi connectivity index (χ0n) is 17.7. The maximum Gasteiger partial charge on any atom is 0.269 e. The fraction of sp³-hybridized carbons (Fsp3) is 0.333. The number of nitro groups is 1. The number of benzene rings is 2. The lowest BCUT2D eigenvalue weighted by Crippen LogP contribution is -2.36. The van der Waals surface area contributed by atoms with E-state index >= 15 is 0 Å². The van der Waals surface area contributed by atoms with E-state index in [9.17, 15) is 23.3 Å². The number of hydrazone groups is 1. The highest BCUT2D eigenvalue weighted by atomic mass is 32.2. The zero-order chi connectivity index (χ0) is 23.0. The third-order valence-corrected chi connectivity index (χ3v) is 5.35. The third kappa shape index (κ3) is 5.26. The molecule has 0 radical (unpaired) electrons. The summed E-state index contributed by atoms with van der Waals surface area (Å²) in [4.78, 5) is 23.8. The molecule has 0 aromatic heterocycles. The van der Waals surface area contributed by atoms with Crippen molar-refractivity contribution in [1.82, 2.24) is 5.01 Å². The number of hydrogen-bond acceptors (Lipinski definition) is 6. The lowest BCUT2D eigenvalue weighted by molar-refractivity contribution is -0.385. The lowest BCUT2D eigenvalue weighted by Gasteiger charge is -2.28. The van der Waals surface area contributed by atoms with E-state index in [1.165, 1.54) is 17.1 Å². The average molecular weight is 445 g/mol. The SMILES string of the molecule is CC(C)(C)C(=O)N1N=C(c2ccc(NS(C)(=O)=O)cc2)C[C@@H]1c1cccc([N+](=O)[O-])c1. The van der Waals surface area contributed by atoms with E-state index in [4.69, 9.17) is 0 Å². The molecular weight excluding hydrogens is 420 g/mol. The molecule has 164 valence electrons. The van der Waals surface area contributed by atoms with Crippen molar-refractivity contribution < 1.29 is 18.1 Å². The number of carbonyl (C=O) groups excluding carboxylic acids is 1. The highest BCUT2D eigenvalue weighted by Gasteiger charge is 2.38. The average Bonchev–Trinajstić information content (AvgIpc) is 3.11. The summed E-state index contributed by atoms with van der Waals surface area (Å²) in [6.45, 7) is 5.37. The largest absolute Gasteiger partial charge is 0.284 e. The van der Waals surface area contributed by atoms with Crippen LogP contribution in [0.1, 0.15) is 44.4 Å². The second kappa shape index (κ2) is 8.10. The molecule has 1 aliphatic heterocycles. The third-order valence-electron chi connectivity index (χ3n) is 4.75. The van der Waals surface area contributed by atoms with Crippen LogP contribution in [0.3, 0.4) is 0 Å². The Labute approximate surface area is 181 Å². The summed E-state index contributed by atoms with van der Waals surface area (Å²) in [6.07, 6.45) is 1.45. The number of sulfonamides is 1. The van der Waals surface area contributed by atoms with Crippen molar-refractivity contribution in [3.63, 3.8) is 0 Å². The molecule has 0 fully saturated rings. The topological polar surface area (TPSA) is 122 Å². The summed E-state index contributed by atoms with van der Waals surface area (Å²) in [5.74, 6) is -0.200. The Morgan fingerprint density at radius 1 is 1.19 bits per heavy atom. The second-order valence-electron chi connectivity index (χ2n) is 8.47. The van der Waals surface area contributed by atoms with Crippen molar-refractivity contribution in [3.8, 4) is 0 Å². The second-order valence-corrected chi connectivity index (χ2v) is 10.2. The van der Waals surface area contributed by atoms with Crippen molar-refractivity contribution >= 4 is 33.0 Å². The Balaban J connectivity index is 1.97. The fourth-order valence-corrected chi connectivity index (χ4v) is 3.83. The lowest BCUT2D eigenvalue weighted by atomic mass is 9.93. The van der Waals surface area contributed by atoms with E-state index in [1.54, 1.807) is 57.2 Å². The van der Waals surface area contributed by atoms with Crippen molar-refractivity contribution in [2.24, 2.45) is 10.5 Å². The molecule has 1 amide bonds. The molecule has 2 aromatic carbocycles. The summed E-state index contributed by atoms with van der Waals surface area (Å²) in [5.41, 5.74) is 1.67. The van der Waals surface area contributed by atoms with Crippen LogP contribution >= 0.6 is 0 Å². The quantitative estimate of drug-likeness (QED) is 0.557. The monoisotopic (exact) mass is 444 g/mol. The van der Waals surface area contributed by atoms with Gasteiger partial charge in [-0.3, -0.25) is 19.6 Å². The molecule has 0 unspecified atom stereocenters. The van der Waals surface area contributed by atoms with E-state index < -0.39 is 26.4 Å². The van der Waals surface area contributed by atoms with Gasteiger partial charge in [0.2, 0.25) is 15.9 Å². The molecule has 0 aliphatic carbocycles. The minimum atomic E-state index is -3.39. The van der Waals surface area contributed by atoms with E-state index in [2.05, 4.69) is 9.82 Å². The number of hydrogen-bond donors (Lipinski definition) is 1. The summed E-state index contributed by atoms with van der Waals surface area (Å²) in [5, 5.41) is 17.2. The minimum absolute atomic E-state index is 0.0506. The molecule has 1 heterocycles. The van der Waals surface area contributed by atoms with E-state index in [-0.39, 0.29) is 11.6 Å². The van der Waals surface area contributed by atoms with Gasteiger partial charge in [-0.05, 0) is 23.3 Å². The van der Waals surface area contributed by atoms with E-state index in [0.717, 1.165) is 11.8 Å². The summed E-state index contributed by atoms with van der Waals surface area (Å²) in [6, 6.07) is 12.4. The van der Waals surface area contributed by atoms with Gasteiger partial charge in [0.15, 0.2) is 0 Å². The molecule has 31 heavy (non-hydrogen) atoms. The molecule has 3 rings (SSSR count). The van der Waals surface area contributed by atoms with E-state index in [0.29, 0.717) is 23.4 Å². The molecule has 0 saturated heterocycles. The van der Waals surface area contributed by atoms with Crippen molar-refractivity contribution in [2.75, 3.05) is 11.0 Å². The normalized spacial score (nSPS) is 16.7. The molecule has 0 bridgehead atoms. The number of carbonyl (C=O) groups is 1. The van der Waals surface area contributed by atoms with E-state index in [1.807, 2.05) is 0 Å². The first kappa shape index (κ1) is 22.4. The number of nitrogens with one attached hydrogen (secondary N) is 1. The van der Waals surface area contributed by atoms with Crippen LogP contribution in [-0.4, -0.2) is 36.2 Å². The number of nitrogens with zero attached hydrogens (tertiary/aromatic N) is 3. The Morgan fingerprint density at radius 2 is 1.84 bits per heavy atom. The van der Waals surface area contributed by atoms with Gasteiger partial charge in [-0.2, -0.15) is 5.10 Å². The standard InChI is InChI=1S/C21H24N4O5S/c1-21(2,3)20(26)24-19(15-6-5-7-17(12-15)25(27)28)13-18(22-24)14-8-10-16(11-9-14)23-31(4,29)30/h5-12,19,23H,13H2,1-4H3/t19-/m1/s1. The maximum absolute atomic E-state index is 13.1. The number of rotatable bonds is 5. The predicted molar refractivity (Wildman–Crippen MR) is 118 cm³/mol. The minimum Gasteiger partial charge on any atom is -0.284 e. The van der Waals surface area contributed by atoms with Crippen molar-refractivity contribution in [2.45, 2.75) is 33.2 Å². The van der Waals surface area contributed by atoms with Gasteiger partial charge in [0.25, 0.3) is 5.69 Å². The molecular formula is C21H24N4O5S. The molecule has 1 N–H and O–H groups in total. The van der Waals surface area contributed by atoms with Crippen molar-refractivity contribution in [1.29, 1.82) is 0 Å². The molecule has 10 heteroatoms. The summed E-state index contributed by atoms with van der Waals surface area (Å²) < 4.78 is 25.2. The highest BCUT2D eigenvalue weighted by Crippen LogP contribution is 2.37. The molecule has 9 nitrogen and oxygen atoms in total. The van der Waals surface area contributed by atoms with Crippen LogP contribution in [0.5, 0.6) is 0 Å². The first-order valence-corrected chi connectivity index (χ1v) is 11.5. The molecule has 0 spiro atoms. The molecule has 1 atom stereocenters. The van der Waals surface area contributed by atoms with Crippen LogP contribution in [0.25, 0.3) is 0 Å². The smallest absolute Gasteiger partial charge is 0.269 e. The Bertz CT molecular complexity index is 1150. The van der Waals surface area contributed by atoms with Gasteiger partial charge in [0.05, 0.1) is 22.9 Å². The van der Waals surface area contributed by atoms with Gasteiger partial charge >= 0.3 is 0 Å². The maximum atomic E-state index is 13.1. The number of anilines is 1. The van der Waals surface area contributed by atoms with Crippen LogP contribution in [0, 0.1) is 15.5 Å². The first-order chi connectivity index (χ1) is 14.3. The Hall–Kier alpha value is -3.27. The fourth-order valence-electron chi connectivity index (χ4n) is 3.27. The molecule has 1 aliphatic rings. The number of amides is 1. The number of nitro benzene ring substituents is 1. The summed E-state index contributed by atoms with van der Waals surface area (Å²) in [7, 11) is -3.39. The Morgan fingerprint density at radius 3 is 2.39 bits per heavy atom. The predicted octanol–water partition coefficient (Wildman–Crippen LogP) is 3.69. The van der Waals surface area contributed by atoms with Gasteiger partial charge in [-0.25, -0.2) is 13.4 Å². The summed E-state index contributed by atoms with van der Waals surface area (Å²) >= 11 is 0. The van der Waals surface area contributed by atoms with Crippen LogP contribution in [0.4, 0.5) is 11.4 Å². The van der Waals surface area contributed by atoms with Crippen LogP contribution in [-0.2, 0) is 14.8 Å². The van der Waals surface area contributed by atoms with Gasteiger partial charge in [0.1, 0.15) is 0 Å². The van der Waals surface area contributed by atoms with Crippen LogP contribution < -0.4 is 4.72 Å². The first-order valence-electron chi connectivity index (χ1n) is 9.59. The zero-order valence-corrected chi connectivity index (χ0v) is 18.5. The van der Waals surface area contributed by atoms with Gasteiger partial charge < -0.3 is 0 Å². The van der Waals surface area contributed by atoms with Crippen LogP contribution in [0.15, 0.2) is 53.6 Å². The van der Waals surface area contributed by atoms with Crippen molar-refractivity contribution in [3.05, 3.63) is 69.8 Å². The van der Waals surface area contributed by atoms with Gasteiger partial charge in [-0.1, -0.05) is 45.0 Å².